The molecule has 0 atom stereocenters. The van der Waals surface area contributed by atoms with E-state index in [9.17, 15) is 10.2 Å². The molecule has 1 fully saturated rings. The average molecular weight is 356 g/mol. The van der Waals surface area contributed by atoms with Crippen molar-refractivity contribution < 1.29 is 10.2 Å². The fourth-order valence-corrected chi connectivity index (χ4v) is 3.29. The fraction of sp³-hybridized carbons (Fsp3) is 0.500. The van der Waals surface area contributed by atoms with Crippen LogP contribution in [0.15, 0.2) is 31.0 Å². The number of aliphatic hydroxyl groups excluding tert-OH is 2. The standard InChI is InChI=1S/C20H28N4O2/c1-13(24-20(2,3)12-25)17-6-4-5-14-11-21-19(23-18(14)17)22-15-7-9-16(26)10-8-15/h4-6,11,15-16,24-26H,1,7-10,12H2,2-3H3,(H,21,22,23)/t15-,16-. The van der Waals surface area contributed by atoms with Gasteiger partial charge in [-0.1, -0.05) is 24.8 Å². The molecule has 26 heavy (non-hydrogen) atoms. The third-order valence-electron chi connectivity index (χ3n) is 4.85. The molecule has 4 N–H and O–H groups in total. The monoisotopic (exact) mass is 356 g/mol. The highest BCUT2D eigenvalue weighted by molar-refractivity contribution is 5.90. The van der Waals surface area contributed by atoms with Gasteiger partial charge in [-0.05, 0) is 39.5 Å². The third-order valence-corrected chi connectivity index (χ3v) is 4.85. The Bertz CT molecular complexity index is 782. The van der Waals surface area contributed by atoms with E-state index < -0.39 is 5.54 Å². The van der Waals surface area contributed by atoms with Gasteiger partial charge in [0.2, 0.25) is 5.95 Å². The van der Waals surface area contributed by atoms with Gasteiger partial charge in [0, 0.05) is 28.9 Å². The number of anilines is 1. The maximum absolute atomic E-state index is 9.65. The van der Waals surface area contributed by atoms with Crippen molar-refractivity contribution in [1.82, 2.24) is 15.3 Å². The lowest BCUT2D eigenvalue weighted by atomic mass is 9.93. The zero-order valence-electron chi connectivity index (χ0n) is 15.5. The van der Waals surface area contributed by atoms with Crippen LogP contribution in [-0.2, 0) is 0 Å². The summed E-state index contributed by atoms with van der Waals surface area (Å²) >= 11 is 0. The van der Waals surface area contributed by atoms with Crippen molar-refractivity contribution in [3.8, 4) is 0 Å². The minimum atomic E-state index is -0.462. The molecule has 0 spiro atoms. The lowest BCUT2D eigenvalue weighted by molar-refractivity contribution is 0.126. The molecule has 0 aliphatic heterocycles. The average Bonchev–Trinajstić information content (AvgIpc) is 2.62. The zero-order chi connectivity index (χ0) is 18.7. The van der Waals surface area contributed by atoms with Crippen molar-refractivity contribution >= 4 is 22.5 Å². The molecular weight excluding hydrogens is 328 g/mol. The molecule has 1 saturated carbocycles. The second-order valence-electron chi connectivity index (χ2n) is 7.73. The van der Waals surface area contributed by atoms with E-state index in [1.807, 2.05) is 38.2 Å². The second-order valence-corrected chi connectivity index (χ2v) is 7.73. The number of nitrogens with one attached hydrogen (secondary N) is 2. The molecular formula is C20H28N4O2. The van der Waals surface area contributed by atoms with Crippen molar-refractivity contribution in [2.45, 2.75) is 57.2 Å². The summed E-state index contributed by atoms with van der Waals surface area (Å²) in [5.74, 6) is 0.598. The van der Waals surface area contributed by atoms with Crippen molar-refractivity contribution in [1.29, 1.82) is 0 Å². The molecule has 3 rings (SSSR count). The number of fused-ring (bicyclic) bond motifs is 1. The van der Waals surface area contributed by atoms with Gasteiger partial charge in [-0.2, -0.15) is 0 Å². The van der Waals surface area contributed by atoms with E-state index in [2.05, 4.69) is 22.2 Å². The largest absolute Gasteiger partial charge is 0.394 e. The van der Waals surface area contributed by atoms with E-state index >= 15 is 0 Å². The summed E-state index contributed by atoms with van der Waals surface area (Å²) in [6.45, 7) is 7.98. The number of para-hydroxylation sites is 1. The number of hydrogen-bond donors (Lipinski definition) is 4. The van der Waals surface area contributed by atoms with Gasteiger partial charge in [-0.25, -0.2) is 9.97 Å². The Hall–Kier alpha value is -2.18. The second kappa shape index (κ2) is 7.60. The number of aliphatic hydroxyl groups is 2. The summed E-state index contributed by atoms with van der Waals surface area (Å²) in [6, 6.07) is 6.19. The summed E-state index contributed by atoms with van der Waals surface area (Å²) in [6.07, 6.45) is 5.10. The number of benzene rings is 1. The first-order valence-electron chi connectivity index (χ1n) is 9.16. The molecule has 0 saturated heterocycles. The van der Waals surface area contributed by atoms with Gasteiger partial charge in [0.1, 0.15) is 0 Å². The molecule has 6 heteroatoms. The molecule has 1 aromatic heterocycles. The summed E-state index contributed by atoms with van der Waals surface area (Å²) in [5.41, 5.74) is 1.98. The first-order valence-corrected chi connectivity index (χ1v) is 9.16. The highest BCUT2D eigenvalue weighted by Crippen LogP contribution is 2.25. The highest BCUT2D eigenvalue weighted by Gasteiger charge is 2.21. The van der Waals surface area contributed by atoms with Gasteiger partial charge >= 0.3 is 0 Å². The zero-order valence-corrected chi connectivity index (χ0v) is 15.5. The summed E-state index contributed by atoms with van der Waals surface area (Å²) in [4.78, 5) is 9.15. The molecule has 1 heterocycles. The fourth-order valence-electron chi connectivity index (χ4n) is 3.29. The van der Waals surface area contributed by atoms with Crippen molar-refractivity contribution in [3.63, 3.8) is 0 Å². The SMILES string of the molecule is C=C(NC(C)(C)CO)c1cccc2cnc(N[C@H]3CC[C@H](O)CC3)nc12. The lowest BCUT2D eigenvalue weighted by Gasteiger charge is -2.27. The quantitative estimate of drug-likeness (QED) is 0.636. The smallest absolute Gasteiger partial charge is 0.223 e. The highest BCUT2D eigenvalue weighted by atomic mass is 16.3. The molecule has 1 aliphatic rings. The summed E-state index contributed by atoms with van der Waals surface area (Å²) < 4.78 is 0. The Balaban J connectivity index is 1.84. The normalized spacial score (nSPS) is 20.8. The predicted molar refractivity (Wildman–Crippen MR) is 105 cm³/mol. The van der Waals surface area contributed by atoms with Gasteiger partial charge < -0.3 is 20.8 Å². The molecule has 1 aromatic carbocycles. The van der Waals surface area contributed by atoms with Crippen LogP contribution in [0.3, 0.4) is 0 Å². The molecule has 1 aliphatic carbocycles. The van der Waals surface area contributed by atoms with Crippen molar-refractivity contribution in [2.24, 2.45) is 0 Å². The molecule has 0 unspecified atom stereocenters. The van der Waals surface area contributed by atoms with E-state index in [4.69, 9.17) is 4.98 Å². The Morgan fingerprint density at radius 2 is 2.00 bits per heavy atom. The van der Waals surface area contributed by atoms with Crippen LogP contribution in [0.1, 0.15) is 45.1 Å². The topological polar surface area (TPSA) is 90.3 Å². The van der Waals surface area contributed by atoms with Crippen LogP contribution in [0.2, 0.25) is 0 Å². The van der Waals surface area contributed by atoms with Gasteiger partial charge in [-0.15, -0.1) is 0 Å². The first kappa shape index (κ1) is 18.6. The van der Waals surface area contributed by atoms with Gasteiger partial charge in [0.25, 0.3) is 0 Å². The van der Waals surface area contributed by atoms with Gasteiger partial charge in [0.05, 0.1) is 23.8 Å². The van der Waals surface area contributed by atoms with Crippen LogP contribution >= 0.6 is 0 Å². The first-order chi connectivity index (χ1) is 12.4. The van der Waals surface area contributed by atoms with E-state index in [0.717, 1.165) is 47.8 Å². The van der Waals surface area contributed by atoms with Crippen LogP contribution in [0, 0.1) is 0 Å². The van der Waals surface area contributed by atoms with Crippen LogP contribution in [0.4, 0.5) is 5.95 Å². The van der Waals surface area contributed by atoms with Crippen LogP contribution in [-0.4, -0.2) is 44.5 Å². The van der Waals surface area contributed by atoms with E-state index in [0.29, 0.717) is 5.95 Å². The third kappa shape index (κ3) is 4.31. The Labute approximate surface area is 154 Å². The molecule has 2 aromatic rings. The predicted octanol–water partition coefficient (Wildman–Crippen LogP) is 2.68. The molecule has 0 bridgehead atoms. The van der Waals surface area contributed by atoms with Crippen LogP contribution in [0.25, 0.3) is 16.6 Å². The Kier molecular flexibility index (Phi) is 5.44. The minimum absolute atomic E-state index is 0.00606. The summed E-state index contributed by atoms with van der Waals surface area (Å²) in [5, 5.41) is 26.7. The van der Waals surface area contributed by atoms with E-state index in [1.165, 1.54) is 0 Å². The molecule has 140 valence electrons. The maximum Gasteiger partial charge on any atom is 0.223 e. The Morgan fingerprint density at radius 1 is 1.27 bits per heavy atom. The Morgan fingerprint density at radius 3 is 2.69 bits per heavy atom. The maximum atomic E-state index is 9.65. The van der Waals surface area contributed by atoms with E-state index in [1.54, 1.807) is 0 Å². The molecule has 0 amide bonds. The van der Waals surface area contributed by atoms with Crippen molar-refractivity contribution in [3.05, 3.63) is 36.5 Å². The van der Waals surface area contributed by atoms with E-state index in [-0.39, 0.29) is 18.8 Å². The molecule has 6 nitrogen and oxygen atoms in total. The number of nitrogens with zero attached hydrogens (tertiary/aromatic N) is 2. The summed E-state index contributed by atoms with van der Waals surface area (Å²) in [7, 11) is 0. The number of rotatable bonds is 6. The number of aromatic nitrogens is 2. The molecule has 0 radical (unpaired) electrons. The van der Waals surface area contributed by atoms with Crippen molar-refractivity contribution in [2.75, 3.05) is 11.9 Å². The number of hydrogen-bond acceptors (Lipinski definition) is 6. The van der Waals surface area contributed by atoms with Gasteiger partial charge in [-0.3, -0.25) is 0 Å². The van der Waals surface area contributed by atoms with Crippen LogP contribution in [0.5, 0.6) is 0 Å². The minimum Gasteiger partial charge on any atom is -0.394 e. The lowest BCUT2D eigenvalue weighted by Crippen LogP contribution is -2.41. The van der Waals surface area contributed by atoms with Crippen LogP contribution < -0.4 is 10.6 Å². The van der Waals surface area contributed by atoms with Gasteiger partial charge in [0.15, 0.2) is 0 Å².